The first kappa shape index (κ1) is 11.7. The van der Waals surface area contributed by atoms with Crippen molar-refractivity contribution >= 4 is 29.3 Å². The van der Waals surface area contributed by atoms with E-state index in [9.17, 15) is 4.79 Å². The van der Waals surface area contributed by atoms with Crippen LogP contribution in [0.15, 0.2) is 12.4 Å². The van der Waals surface area contributed by atoms with Crippen LogP contribution in [0.1, 0.15) is 16.9 Å². The van der Waals surface area contributed by atoms with Crippen molar-refractivity contribution in [3.8, 4) is 0 Å². The van der Waals surface area contributed by atoms with Crippen molar-refractivity contribution in [2.45, 2.75) is 12.5 Å². The van der Waals surface area contributed by atoms with E-state index in [-0.39, 0.29) is 11.1 Å². The second-order valence-electron chi connectivity index (χ2n) is 3.66. The van der Waals surface area contributed by atoms with Gasteiger partial charge in [0.15, 0.2) is 0 Å². The highest BCUT2D eigenvalue weighted by Gasteiger charge is 2.25. The van der Waals surface area contributed by atoms with E-state index in [1.807, 2.05) is 18.8 Å². The normalized spacial score (nSPS) is 19.8. The van der Waals surface area contributed by atoms with Crippen LogP contribution in [-0.4, -0.2) is 45.4 Å². The molecule has 0 aliphatic carbocycles. The summed E-state index contributed by atoms with van der Waals surface area (Å²) in [5.74, 6) is 2.00. The Morgan fingerprint density at radius 2 is 2.44 bits per heavy atom. The monoisotopic (exact) mass is 257 g/mol. The number of hydrogen-bond donors (Lipinski definition) is 0. The molecule has 86 valence electrons. The van der Waals surface area contributed by atoms with E-state index in [1.165, 1.54) is 12.4 Å². The van der Waals surface area contributed by atoms with Gasteiger partial charge in [0.1, 0.15) is 10.8 Å². The lowest BCUT2D eigenvalue weighted by molar-refractivity contribution is 0.0741. The van der Waals surface area contributed by atoms with E-state index in [0.29, 0.717) is 11.7 Å². The number of amides is 1. The highest BCUT2D eigenvalue weighted by molar-refractivity contribution is 7.99. The standard InChI is InChI=1S/C10H12ClN3OS/c1-14(7-2-3-16-6-7)10(15)8-4-12-5-9(11)13-8/h4-5,7H,2-3,6H2,1H3. The number of carbonyl (C=O) groups is 1. The molecule has 2 heterocycles. The Morgan fingerprint density at radius 1 is 1.62 bits per heavy atom. The van der Waals surface area contributed by atoms with Gasteiger partial charge in [-0.3, -0.25) is 9.78 Å². The van der Waals surface area contributed by atoms with Gasteiger partial charge in [-0.05, 0) is 12.2 Å². The zero-order chi connectivity index (χ0) is 11.5. The van der Waals surface area contributed by atoms with E-state index in [4.69, 9.17) is 11.6 Å². The number of carbonyl (C=O) groups excluding carboxylic acids is 1. The van der Waals surface area contributed by atoms with Gasteiger partial charge >= 0.3 is 0 Å². The molecule has 1 aromatic heterocycles. The number of rotatable bonds is 2. The van der Waals surface area contributed by atoms with Gasteiger partial charge in [-0.15, -0.1) is 0 Å². The molecule has 1 aliphatic heterocycles. The van der Waals surface area contributed by atoms with Crippen LogP contribution in [-0.2, 0) is 0 Å². The summed E-state index contributed by atoms with van der Waals surface area (Å²) in [6.07, 6.45) is 3.91. The predicted octanol–water partition coefficient (Wildman–Crippen LogP) is 1.71. The fourth-order valence-corrected chi connectivity index (χ4v) is 3.03. The molecule has 0 bridgehead atoms. The van der Waals surface area contributed by atoms with Crippen molar-refractivity contribution in [1.29, 1.82) is 0 Å². The van der Waals surface area contributed by atoms with E-state index in [0.717, 1.165) is 17.9 Å². The molecule has 0 N–H and O–H groups in total. The van der Waals surface area contributed by atoms with E-state index in [2.05, 4.69) is 9.97 Å². The second kappa shape index (κ2) is 5.01. The van der Waals surface area contributed by atoms with Crippen LogP contribution in [0.5, 0.6) is 0 Å². The molecule has 0 spiro atoms. The zero-order valence-corrected chi connectivity index (χ0v) is 10.5. The molecule has 16 heavy (non-hydrogen) atoms. The smallest absolute Gasteiger partial charge is 0.274 e. The van der Waals surface area contributed by atoms with Crippen molar-refractivity contribution in [2.75, 3.05) is 18.6 Å². The van der Waals surface area contributed by atoms with Gasteiger partial charge in [-0.25, -0.2) is 4.98 Å². The van der Waals surface area contributed by atoms with Crippen LogP contribution in [0.2, 0.25) is 5.15 Å². The van der Waals surface area contributed by atoms with Crippen LogP contribution in [0.25, 0.3) is 0 Å². The molecular formula is C10H12ClN3OS. The summed E-state index contributed by atoms with van der Waals surface area (Å²) >= 11 is 7.58. The molecule has 1 aromatic rings. The summed E-state index contributed by atoms with van der Waals surface area (Å²) < 4.78 is 0. The Hall–Kier alpha value is -0.810. The lowest BCUT2D eigenvalue weighted by atomic mass is 10.2. The fourth-order valence-electron chi connectivity index (χ4n) is 1.62. The van der Waals surface area contributed by atoms with Crippen LogP contribution in [0.3, 0.4) is 0 Å². The minimum atomic E-state index is -0.109. The van der Waals surface area contributed by atoms with Gasteiger partial charge in [0, 0.05) is 18.8 Å². The van der Waals surface area contributed by atoms with E-state index >= 15 is 0 Å². The fraction of sp³-hybridized carbons (Fsp3) is 0.500. The van der Waals surface area contributed by atoms with Gasteiger partial charge in [-0.2, -0.15) is 11.8 Å². The summed E-state index contributed by atoms with van der Waals surface area (Å²) in [4.78, 5) is 21.6. The van der Waals surface area contributed by atoms with Crippen molar-refractivity contribution < 1.29 is 4.79 Å². The largest absolute Gasteiger partial charge is 0.336 e. The van der Waals surface area contributed by atoms with Crippen molar-refractivity contribution in [3.63, 3.8) is 0 Å². The van der Waals surface area contributed by atoms with Gasteiger partial charge in [0.05, 0.1) is 12.4 Å². The third-order valence-corrected chi connectivity index (χ3v) is 3.92. The third-order valence-electron chi connectivity index (χ3n) is 2.60. The van der Waals surface area contributed by atoms with E-state index in [1.54, 1.807) is 4.90 Å². The molecular weight excluding hydrogens is 246 g/mol. The highest BCUT2D eigenvalue weighted by atomic mass is 35.5. The van der Waals surface area contributed by atoms with E-state index < -0.39 is 0 Å². The topological polar surface area (TPSA) is 46.1 Å². The van der Waals surface area contributed by atoms with Gasteiger partial charge in [-0.1, -0.05) is 11.6 Å². The molecule has 1 unspecified atom stereocenters. The maximum Gasteiger partial charge on any atom is 0.274 e. The lowest BCUT2D eigenvalue weighted by Crippen LogP contribution is -2.37. The molecule has 1 atom stereocenters. The first-order valence-corrected chi connectivity index (χ1v) is 6.54. The predicted molar refractivity (Wildman–Crippen MR) is 64.9 cm³/mol. The maximum absolute atomic E-state index is 12.0. The maximum atomic E-state index is 12.0. The summed E-state index contributed by atoms with van der Waals surface area (Å²) in [5.41, 5.74) is 0.312. The van der Waals surface area contributed by atoms with Crippen molar-refractivity contribution in [1.82, 2.24) is 14.9 Å². The molecule has 2 rings (SSSR count). The lowest BCUT2D eigenvalue weighted by Gasteiger charge is -2.23. The van der Waals surface area contributed by atoms with Gasteiger partial charge < -0.3 is 4.90 Å². The molecule has 1 saturated heterocycles. The first-order chi connectivity index (χ1) is 7.68. The second-order valence-corrected chi connectivity index (χ2v) is 5.20. The average molecular weight is 258 g/mol. The third kappa shape index (κ3) is 2.47. The Bertz CT molecular complexity index is 395. The van der Waals surface area contributed by atoms with Crippen LogP contribution >= 0.6 is 23.4 Å². The van der Waals surface area contributed by atoms with Crippen molar-refractivity contribution in [3.05, 3.63) is 23.2 Å². The van der Waals surface area contributed by atoms with Gasteiger partial charge in [0.25, 0.3) is 5.91 Å². The Labute approximate surface area is 103 Å². The SMILES string of the molecule is CN(C(=O)c1cncc(Cl)n1)C1CCSC1. The summed E-state index contributed by atoms with van der Waals surface area (Å²) in [6, 6.07) is 0.304. The molecule has 4 nitrogen and oxygen atoms in total. The molecule has 6 heteroatoms. The number of halogens is 1. The molecule has 1 aliphatic rings. The zero-order valence-electron chi connectivity index (χ0n) is 8.89. The Morgan fingerprint density at radius 3 is 3.06 bits per heavy atom. The van der Waals surface area contributed by atoms with Crippen molar-refractivity contribution in [2.24, 2.45) is 0 Å². The first-order valence-electron chi connectivity index (χ1n) is 5.01. The number of aromatic nitrogens is 2. The van der Waals surface area contributed by atoms with Gasteiger partial charge in [0.2, 0.25) is 0 Å². The number of hydrogen-bond acceptors (Lipinski definition) is 4. The molecule has 1 fully saturated rings. The summed E-state index contributed by atoms with van der Waals surface area (Å²) in [5, 5.41) is 0.250. The number of nitrogens with zero attached hydrogens (tertiary/aromatic N) is 3. The summed E-state index contributed by atoms with van der Waals surface area (Å²) in [6.45, 7) is 0. The Balaban J connectivity index is 2.12. The van der Waals surface area contributed by atoms with Crippen LogP contribution < -0.4 is 0 Å². The molecule has 0 saturated carbocycles. The molecule has 0 aromatic carbocycles. The Kier molecular flexibility index (Phi) is 3.66. The quantitative estimate of drug-likeness (QED) is 0.809. The minimum Gasteiger partial charge on any atom is -0.336 e. The minimum absolute atomic E-state index is 0.109. The highest BCUT2D eigenvalue weighted by Crippen LogP contribution is 2.22. The molecule has 0 radical (unpaired) electrons. The summed E-state index contributed by atoms with van der Waals surface area (Å²) in [7, 11) is 1.81. The molecule has 1 amide bonds. The average Bonchev–Trinajstić information content (AvgIpc) is 2.80. The number of thioether (sulfide) groups is 1. The van der Waals surface area contributed by atoms with Crippen LogP contribution in [0, 0.1) is 0 Å². The van der Waals surface area contributed by atoms with Crippen LogP contribution in [0.4, 0.5) is 0 Å².